The number of hydrogen-bond acceptors (Lipinski definition) is 9. The van der Waals surface area contributed by atoms with Crippen molar-refractivity contribution in [3.63, 3.8) is 0 Å². The molecule has 0 saturated carbocycles. The summed E-state index contributed by atoms with van der Waals surface area (Å²) in [4.78, 5) is 9.66. The zero-order valence-electron chi connectivity index (χ0n) is 46.7. The van der Waals surface area contributed by atoms with Gasteiger partial charge in [0, 0.05) is 44.7 Å². The minimum absolute atomic E-state index is 0.200. The molecule has 0 amide bonds. The molecule has 0 spiro atoms. The second-order valence-electron chi connectivity index (χ2n) is 22.7. The van der Waals surface area contributed by atoms with Crippen molar-refractivity contribution in [2.24, 2.45) is 0 Å². The second kappa shape index (κ2) is 19.4. The quantitative estimate of drug-likeness (QED) is 0.140. The van der Waals surface area contributed by atoms with E-state index in [-0.39, 0.29) is 20.6 Å². The number of anilines is 12. The van der Waals surface area contributed by atoms with Gasteiger partial charge in [-0.2, -0.15) is 0 Å². The third kappa shape index (κ3) is 8.08. The number of nitrogens with zero attached hydrogens (tertiary/aromatic N) is 6. The Bertz CT molecular complexity index is 4590. The van der Waals surface area contributed by atoms with Crippen LogP contribution < -0.4 is 19.6 Å². The van der Waals surface area contributed by atoms with Gasteiger partial charge < -0.3 is 24.0 Å². The van der Waals surface area contributed by atoms with Crippen molar-refractivity contribution in [1.82, 2.24) is 10.2 Å². The molecule has 0 N–H and O–H groups in total. The van der Waals surface area contributed by atoms with E-state index in [4.69, 9.17) is 4.42 Å². The van der Waals surface area contributed by atoms with Crippen molar-refractivity contribution in [2.45, 2.75) is 48.3 Å². The van der Waals surface area contributed by atoms with Crippen molar-refractivity contribution in [3.8, 4) is 34.0 Å². The Balaban J connectivity index is 0.769. The predicted octanol–water partition coefficient (Wildman–Crippen LogP) is 19.4. The Morgan fingerprint density at radius 1 is 0.298 bits per heavy atom. The van der Waals surface area contributed by atoms with E-state index >= 15 is 0 Å². The van der Waals surface area contributed by atoms with E-state index in [1.807, 2.05) is 66.7 Å². The molecule has 0 saturated heterocycles. The summed E-state index contributed by atoms with van der Waals surface area (Å²) >= 11 is 0. The summed E-state index contributed by atoms with van der Waals surface area (Å²) in [5, 5.41) is 8.76. The van der Waals surface area contributed by atoms with Gasteiger partial charge in [0.2, 0.25) is 21.6 Å². The molecule has 3 aliphatic heterocycles. The lowest BCUT2D eigenvalue weighted by Crippen LogP contribution is -2.30. The molecule has 15 rings (SSSR count). The molecule has 406 valence electrons. The molecule has 3 aliphatic rings. The fraction of sp³-hybridized carbons (Fsp3) is 0.0811. The molecule has 12 aromatic rings. The van der Waals surface area contributed by atoms with Gasteiger partial charge in [0.15, 0.2) is 0 Å². The summed E-state index contributed by atoms with van der Waals surface area (Å²) in [6.45, 7) is 9.10. The molecule has 4 heterocycles. The van der Waals surface area contributed by atoms with E-state index in [2.05, 4.69) is 233 Å². The maximum absolute atomic E-state index is 14.5. The van der Waals surface area contributed by atoms with Crippen LogP contribution in [0.1, 0.15) is 49.9 Å². The Kier molecular flexibility index (Phi) is 11.7. The molecular weight excluding hydrogens is 1050 g/mol. The van der Waals surface area contributed by atoms with Gasteiger partial charge in [-0.25, -0.2) is 8.42 Å². The normalized spacial score (nSPS) is 14.4. The van der Waals surface area contributed by atoms with Crippen LogP contribution in [0, 0.1) is 0 Å². The zero-order chi connectivity index (χ0) is 56.9. The minimum Gasteiger partial charge on any atom is -0.416 e. The second-order valence-corrected chi connectivity index (χ2v) is 24.7. The standard InChI is InChI=1S/C74H56N6O3S/c1-73(2)59-23-11-14-26-63(59)77(64-27-15-12-24-60(64)73)55-37-41-57(42-38-55)84(81,82)58-43-39-56(40-44-58)78-65-28-16-13-25-61(65)74(3,4)62-47-51(33-45-66(62)78)52-34-46-69-70(48-52)80(53-21-9-6-10-22-53)68-30-18-17-29-67(68)79(69)54-35-31-50(32-36-54)72-76-75-71(83-72)49-19-7-5-8-20-49/h5-48H,1-4H3. The smallest absolute Gasteiger partial charge is 0.248 e. The summed E-state index contributed by atoms with van der Waals surface area (Å²) in [5.41, 5.74) is 20.2. The van der Waals surface area contributed by atoms with E-state index in [0.717, 1.165) is 96.1 Å². The molecule has 1 aromatic heterocycles. The van der Waals surface area contributed by atoms with Crippen LogP contribution in [-0.4, -0.2) is 18.6 Å². The number of sulfone groups is 1. The molecule has 9 nitrogen and oxygen atoms in total. The van der Waals surface area contributed by atoms with Crippen molar-refractivity contribution in [2.75, 3.05) is 19.6 Å². The molecule has 0 bridgehead atoms. The first-order valence-corrected chi connectivity index (χ1v) is 29.8. The van der Waals surface area contributed by atoms with E-state index in [1.54, 1.807) is 24.3 Å². The van der Waals surface area contributed by atoms with Gasteiger partial charge in [-0.15, -0.1) is 10.2 Å². The SMILES string of the molecule is CC1(C)c2ccccc2N(c2ccc(S(=O)(=O)c3ccc(N4c5ccccc5C(C)(C)c5cc(-c6ccc7c(c6)N(c6ccccc6)c6ccccc6N7c6ccc(-c7nnc(-c8ccccc8)o7)cc6)ccc54)cc3)cc2)c2ccccc21. The molecule has 10 heteroatoms. The summed E-state index contributed by atoms with van der Waals surface area (Å²) in [6.07, 6.45) is 0. The van der Waals surface area contributed by atoms with Crippen LogP contribution in [0.5, 0.6) is 0 Å². The highest BCUT2D eigenvalue weighted by Crippen LogP contribution is 2.57. The molecule has 0 radical (unpaired) electrons. The van der Waals surface area contributed by atoms with Crippen LogP contribution in [0.2, 0.25) is 0 Å². The van der Waals surface area contributed by atoms with Crippen molar-refractivity contribution >= 4 is 78.1 Å². The maximum atomic E-state index is 14.5. The number of rotatable bonds is 9. The van der Waals surface area contributed by atoms with Crippen LogP contribution >= 0.6 is 0 Å². The maximum Gasteiger partial charge on any atom is 0.248 e. The monoisotopic (exact) mass is 1110 g/mol. The van der Waals surface area contributed by atoms with Crippen molar-refractivity contribution < 1.29 is 12.8 Å². The number of hydrogen-bond donors (Lipinski definition) is 0. The highest BCUT2D eigenvalue weighted by molar-refractivity contribution is 7.91. The largest absolute Gasteiger partial charge is 0.416 e. The fourth-order valence-electron chi connectivity index (χ4n) is 12.9. The third-order valence-corrected chi connectivity index (χ3v) is 18.9. The lowest BCUT2D eigenvalue weighted by molar-refractivity contribution is 0.584. The van der Waals surface area contributed by atoms with Gasteiger partial charge in [0.1, 0.15) is 0 Å². The summed E-state index contributed by atoms with van der Waals surface area (Å²) in [6, 6.07) is 90.9. The number of benzene rings is 11. The number of para-hydroxylation sites is 6. The van der Waals surface area contributed by atoms with Crippen LogP contribution in [0.15, 0.2) is 281 Å². The van der Waals surface area contributed by atoms with E-state index in [9.17, 15) is 8.42 Å². The van der Waals surface area contributed by atoms with E-state index < -0.39 is 9.84 Å². The van der Waals surface area contributed by atoms with E-state index in [1.165, 1.54) is 16.7 Å². The molecule has 0 atom stereocenters. The molecular formula is C74H56N6O3S. The highest BCUT2D eigenvalue weighted by atomic mass is 32.2. The first-order valence-electron chi connectivity index (χ1n) is 28.3. The van der Waals surface area contributed by atoms with Crippen LogP contribution in [0.25, 0.3) is 34.0 Å². The van der Waals surface area contributed by atoms with Crippen molar-refractivity contribution in [1.29, 1.82) is 0 Å². The number of aromatic nitrogens is 2. The van der Waals surface area contributed by atoms with Gasteiger partial charge >= 0.3 is 0 Å². The molecule has 84 heavy (non-hydrogen) atoms. The van der Waals surface area contributed by atoms with Gasteiger partial charge in [0.25, 0.3) is 0 Å². The third-order valence-electron chi connectivity index (χ3n) is 17.2. The minimum atomic E-state index is -3.88. The zero-order valence-corrected chi connectivity index (χ0v) is 47.5. The Morgan fingerprint density at radius 3 is 1.12 bits per heavy atom. The lowest BCUT2D eigenvalue weighted by atomic mass is 9.73. The van der Waals surface area contributed by atoms with Gasteiger partial charge in [-0.05, 0) is 185 Å². The van der Waals surface area contributed by atoms with Crippen LogP contribution in [-0.2, 0) is 20.7 Å². The number of fused-ring (bicyclic) bond motifs is 6. The molecule has 0 aliphatic carbocycles. The average molecular weight is 1110 g/mol. The summed E-state index contributed by atoms with van der Waals surface area (Å²) < 4.78 is 35.3. The molecule has 0 fully saturated rings. The first kappa shape index (κ1) is 50.7. The summed E-state index contributed by atoms with van der Waals surface area (Å²) in [5.74, 6) is 0.934. The predicted molar refractivity (Wildman–Crippen MR) is 339 cm³/mol. The lowest BCUT2D eigenvalue weighted by Gasteiger charge is -2.42. The van der Waals surface area contributed by atoms with Crippen molar-refractivity contribution in [3.05, 3.63) is 289 Å². The first-order chi connectivity index (χ1) is 40.9. The Morgan fingerprint density at radius 2 is 0.619 bits per heavy atom. The fourth-order valence-corrected chi connectivity index (χ4v) is 14.2. The van der Waals surface area contributed by atoms with Crippen LogP contribution in [0.4, 0.5) is 68.2 Å². The Labute approximate surface area is 489 Å². The molecule has 0 unspecified atom stereocenters. The van der Waals surface area contributed by atoms with Gasteiger partial charge in [-0.3, -0.25) is 0 Å². The van der Waals surface area contributed by atoms with Gasteiger partial charge in [-0.1, -0.05) is 143 Å². The summed E-state index contributed by atoms with van der Waals surface area (Å²) in [7, 11) is -3.88. The average Bonchev–Trinajstić information content (AvgIpc) is 1.53. The van der Waals surface area contributed by atoms with Gasteiger partial charge in [0.05, 0.1) is 55.3 Å². The van der Waals surface area contributed by atoms with E-state index in [0.29, 0.717) is 11.8 Å². The topological polar surface area (TPSA) is 86.0 Å². The highest BCUT2D eigenvalue weighted by Gasteiger charge is 2.39. The molecule has 11 aromatic carbocycles. The Hall–Kier alpha value is -10.3. The van der Waals surface area contributed by atoms with Crippen LogP contribution in [0.3, 0.4) is 0 Å².